The first-order valence-corrected chi connectivity index (χ1v) is 12.8. The van der Waals surface area contributed by atoms with E-state index in [0.29, 0.717) is 28.9 Å². The standard InChI is InChI=1S/C25H36N8O2S/c1-5-23(35)28-18-6-8-19(9-7-18)36-24-30-21(29-20(27)14-17(2)26)15-22(31-24)32-10-12-33(13-11-32)25(3,4)16-34/h6-9,14-15,26,34H,5,10-13,16,27H2,1-4H3,(H,28,35)(H,29,30,31)/b20-14+,26-17?. The number of nitrogens with one attached hydrogen (secondary N) is 3. The third kappa shape index (κ3) is 7.67. The van der Waals surface area contributed by atoms with Crippen molar-refractivity contribution >= 4 is 40.7 Å². The summed E-state index contributed by atoms with van der Waals surface area (Å²) in [5, 5.41) is 23.8. The lowest BCUT2D eigenvalue weighted by molar-refractivity contribution is -0.115. The number of amides is 1. The van der Waals surface area contributed by atoms with Crippen LogP contribution in [0.3, 0.4) is 0 Å². The molecule has 0 spiro atoms. The molecule has 1 aliphatic rings. The minimum Gasteiger partial charge on any atom is -0.394 e. The molecule has 1 aliphatic heterocycles. The van der Waals surface area contributed by atoms with Crippen molar-refractivity contribution in [3.8, 4) is 0 Å². The summed E-state index contributed by atoms with van der Waals surface area (Å²) in [6.07, 6.45) is 1.96. The summed E-state index contributed by atoms with van der Waals surface area (Å²) in [6, 6.07) is 9.41. The molecule has 0 aliphatic carbocycles. The molecule has 2 aromatic rings. The van der Waals surface area contributed by atoms with Gasteiger partial charge in [-0.25, -0.2) is 9.97 Å². The van der Waals surface area contributed by atoms with Gasteiger partial charge in [-0.05, 0) is 62.9 Å². The van der Waals surface area contributed by atoms with Crippen molar-refractivity contribution in [1.29, 1.82) is 5.41 Å². The van der Waals surface area contributed by atoms with Crippen molar-refractivity contribution in [2.75, 3.05) is 48.3 Å². The van der Waals surface area contributed by atoms with Crippen LogP contribution < -0.4 is 21.3 Å². The quantitative estimate of drug-likeness (QED) is 0.240. The Bertz CT molecular complexity index is 1100. The molecule has 1 amide bonds. The number of anilines is 3. The van der Waals surface area contributed by atoms with Crippen molar-refractivity contribution < 1.29 is 9.90 Å². The molecule has 3 rings (SSSR count). The topological polar surface area (TPSA) is 143 Å². The minimum absolute atomic E-state index is 0.0320. The number of aliphatic hydroxyl groups excluding tert-OH is 1. The highest BCUT2D eigenvalue weighted by atomic mass is 32.2. The fraction of sp³-hybridized carbons (Fsp3) is 0.440. The molecule has 1 fully saturated rings. The number of carbonyl (C=O) groups excluding carboxylic acids is 1. The number of hydrogen-bond donors (Lipinski definition) is 5. The van der Waals surface area contributed by atoms with Crippen LogP contribution in [0.25, 0.3) is 0 Å². The van der Waals surface area contributed by atoms with Crippen LogP contribution in [0.1, 0.15) is 34.1 Å². The molecule has 0 saturated carbocycles. The van der Waals surface area contributed by atoms with E-state index < -0.39 is 0 Å². The Hall–Kier alpha value is -3.15. The van der Waals surface area contributed by atoms with Gasteiger partial charge < -0.3 is 31.8 Å². The van der Waals surface area contributed by atoms with E-state index in [4.69, 9.17) is 16.1 Å². The Balaban J connectivity index is 1.82. The Morgan fingerprint density at radius 3 is 2.44 bits per heavy atom. The second kappa shape index (κ2) is 12.2. The molecule has 0 radical (unpaired) electrons. The third-order valence-corrected chi connectivity index (χ3v) is 6.72. The number of benzene rings is 1. The molecule has 36 heavy (non-hydrogen) atoms. The number of nitrogens with zero attached hydrogens (tertiary/aromatic N) is 4. The maximum absolute atomic E-state index is 11.6. The average molecular weight is 513 g/mol. The van der Waals surface area contributed by atoms with Crippen LogP contribution in [0.5, 0.6) is 0 Å². The monoisotopic (exact) mass is 512 g/mol. The lowest BCUT2D eigenvalue weighted by Crippen LogP contribution is -2.56. The van der Waals surface area contributed by atoms with Gasteiger partial charge in [0.2, 0.25) is 5.91 Å². The predicted octanol–water partition coefficient (Wildman–Crippen LogP) is 3.12. The second-order valence-corrected chi connectivity index (χ2v) is 10.3. The molecule has 1 saturated heterocycles. The van der Waals surface area contributed by atoms with E-state index in [9.17, 15) is 9.90 Å². The lowest BCUT2D eigenvalue weighted by Gasteiger charge is -2.43. The summed E-state index contributed by atoms with van der Waals surface area (Å²) in [7, 11) is 0. The van der Waals surface area contributed by atoms with Crippen LogP contribution in [0.4, 0.5) is 17.3 Å². The molecular weight excluding hydrogens is 476 g/mol. The van der Waals surface area contributed by atoms with E-state index in [1.165, 1.54) is 17.8 Å². The Morgan fingerprint density at radius 1 is 1.19 bits per heavy atom. The van der Waals surface area contributed by atoms with Gasteiger partial charge in [0.1, 0.15) is 17.5 Å². The number of nitrogens with two attached hydrogens (primary N) is 1. The average Bonchev–Trinajstić information content (AvgIpc) is 2.84. The first kappa shape index (κ1) is 27.4. The van der Waals surface area contributed by atoms with Gasteiger partial charge in [0, 0.05) is 60.5 Å². The maximum atomic E-state index is 11.6. The highest BCUT2D eigenvalue weighted by Crippen LogP contribution is 2.30. The first-order valence-electron chi connectivity index (χ1n) is 12.0. The molecular formula is C25H36N8O2S. The van der Waals surface area contributed by atoms with Gasteiger partial charge in [-0.3, -0.25) is 9.69 Å². The van der Waals surface area contributed by atoms with E-state index in [0.717, 1.165) is 42.6 Å². The smallest absolute Gasteiger partial charge is 0.224 e. The van der Waals surface area contributed by atoms with Gasteiger partial charge >= 0.3 is 0 Å². The summed E-state index contributed by atoms with van der Waals surface area (Å²) >= 11 is 1.42. The van der Waals surface area contributed by atoms with Gasteiger partial charge in [-0.2, -0.15) is 0 Å². The van der Waals surface area contributed by atoms with Crippen LogP contribution >= 0.6 is 11.8 Å². The predicted molar refractivity (Wildman–Crippen MR) is 146 cm³/mol. The Labute approximate surface area is 216 Å². The fourth-order valence-corrected chi connectivity index (χ4v) is 4.47. The zero-order valence-corrected chi connectivity index (χ0v) is 22.2. The molecule has 10 nitrogen and oxygen atoms in total. The fourth-order valence-electron chi connectivity index (χ4n) is 3.70. The number of aliphatic hydroxyl groups is 1. The van der Waals surface area contributed by atoms with Crippen molar-refractivity contribution in [3.63, 3.8) is 0 Å². The van der Waals surface area contributed by atoms with Crippen LogP contribution in [0, 0.1) is 5.41 Å². The van der Waals surface area contributed by atoms with Gasteiger partial charge in [0.05, 0.1) is 6.61 Å². The SMILES string of the molecule is CCC(=O)Nc1ccc(Sc2nc(N/C(N)=C/C(C)=N)cc(N3CCN(C(C)(C)CO)CC3)n2)cc1. The third-order valence-electron chi connectivity index (χ3n) is 5.85. The van der Waals surface area contributed by atoms with E-state index in [2.05, 4.69) is 25.4 Å². The van der Waals surface area contributed by atoms with Crippen LogP contribution in [0.2, 0.25) is 0 Å². The summed E-state index contributed by atoms with van der Waals surface area (Å²) < 4.78 is 0. The number of allylic oxidation sites excluding steroid dienone is 1. The summed E-state index contributed by atoms with van der Waals surface area (Å²) in [5.41, 5.74) is 6.86. The molecule has 0 atom stereocenters. The van der Waals surface area contributed by atoms with Crippen molar-refractivity contribution in [2.45, 2.75) is 49.7 Å². The number of hydrogen-bond acceptors (Lipinski definition) is 10. The molecule has 6 N–H and O–H groups in total. The summed E-state index contributed by atoms with van der Waals surface area (Å²) in [6.45, 7) is 10.8. The number of rotatable bonds is 10. The van der Waals surface area contributed by atoms with E-state index >= 15 is 0 Å². The summed E-state index contributed by atoms with van der Waals surface area (Å²) in [5.74, 6) is 1.62. The van der Waals surface area contributed by atoms with E-state index in [1.807, 2.05) is 51.1 Å². The number of piperazine rings is 1. The molecule has 2 heterocycles. The van der Waals surface area contributed by atoms with Gasteiger partial charge in [0.15, 0.2) is 5.16 Å². The highest BCUT2D eigenvalue weighted by Gasteiger charge is 2.30. The van der Waals surface area contributed by atoms with Crippen molar-refractivity contribution in [3.05, 3.63) is 42.2 Å². The van der Waals surface area contributed by atoms with Crippen molar-refractivity contribution in [2.24, 2.45) is 5.73 Å². The minimum atomic E-state index is -0.266. The van der Waals surface area contributed by atoms with Crippen LogP contribution in [0.15, 0.2) is 52.3 Å². The van der Waals surface area contributed by atoms with Crippen molar-refractivity contribution in [1.82, 2.24) is 14.9 Å². The van der Waals surface area contributed by atoms with Crippen LogP contribution in [-0.4, -0.2) is 69.9 Å². The number of carbonyl (C=O) groups is 1. The zero-order chi connectivity index (χ0) is 26.3. The molecule has 1 aromatic heterocycles. The van der Waals surface area contributed by atoms with Gasteiger partial charge in [0.25, 0.3) is 0 Å². The lowest BCUT2D eigenvalue weighted by atomic mass is 10.0. The molecule has 194 valence electrons. The zero-order valence-electron chi connectivity index (χ0n) is 21.3. The summed E-state index contributed by atoms with van der Waals surface area (Å²) in [4.78, 5) is 26.5. The largest absolute Gasteiger partial charge is 0.394 e. The maximum Gasteiger partial charge on any atom is 0.224 e. The van der Waals surface area contributed by atoms with Crippen LogP contribution in [-0.2, 0) is 4.79 Å². The Morgan fingerprint density at radius 2 is 1.86 bits per heavy atom. The van der Waals surface area contributed by atoms with Gasteiger partial charge in [-0.1, -0.05) is 6.92 Å². The normalized spacial score (nSPS) is 15.0. The van der Waals surface area contributed by atoms with E-state index in [-0.39, 0.29) is 18.1 Å². The Kier molecular flexibility index (Phi) is 9.30. The van der Waals surface area contributed by atoms with E-state index in [1.54, 1.807) is 6.92 Å². The molecule has 1 aromatic carbocycles. The molecule has 11 heteroatoms. The first-order chi connectivity index (χ1) is 17.1. The second-order valence-electron chi connectivity index (χ2n) is 9.27. The molecule has 0 unspecified atom stereocenters. The highest BCUT2D eigenvalue weighted by molar-refractivity contribution is 7.99. The molecule has 0 bridgehead atoms. The van der Waals surface area contributed by atoms with Gasteiger partial charge in [-0.15, -0.1) is 0 Å². The number of aromatic nitrogens is 2.